The number of nitrogens with zero attached hydrogens (tertiary/aromatic N) is 1. The normalized spacial score (nSPS) is 28.6. The van der Waals surface area contributed by atoms with E-state index < -0.39 is 0 Å². The molecule has 2 unspecified atom stereocenters. The van der Waals surface area contributed by atoms with Gasteiger partial charge in [-0.15, -0.1) is 0 Å². The summed E-state index contributed by atoms with van der Waals surface area (Å²) < 4.78 is 11.6. The van der Waals surface area contributed by atoms with Crippen molar-refractivity contribution in [3.05, 3.63) is 23.2 Å². The third-order valence-electron chi connectivity index (χ3n) is 4.21. The minimum absolute atomic E-state index is 0.448. The largest absolute Gasteiger partial charge is 0.463 e. The first-order chi connectivity index (χ1) is 8.78. The third kappa shape index (κ3) is 2.20. The van der Waals surface area contributed by atoms with Gasteiger partial charge in [0.25, 0.3) is 0 Å². The fourth-order valence-corrected chi connectivity index (χ4v) is 3.27. The van der Waals surface area contributed by atoms with Crippen LogP contribution >= 0.6 is 0 Å². The molecule has 0 bridgehead atoms. The van der Waals surface area contributed by atoms with Gasteiger partial charge in [0.05, 0.1) is 25.8 Å². The maximum atomic E-state index is 5.83. The molecule has 0 spiro atoms. The summed E-state index contributed by atoms with van der Waals surface area (Å²) in [5.41, 5.74) is 6.83. The predicted octanol–water partition coefficient (Wildman–Crippen LogP) is 1.80. The number of aryl methyl sites for hydroxylation is 1. The van der Waals surface area contributed by atoms with Crippen LogP contribution in [0.5, 0.6) is 0 Å². The summed E-state index contributed by atoms with van der Waals surface area (Å²) in [7, 11) is 0. The van der Waals surface area contributed by atoms with E-state index in [4.69, 9.17) is 14.9 Å². The van der Waals surface area contributed by atoms with Crippen LogP contribution in [0.3, 0.4) is 0 Å². The SMILES string of the molecule is Cc1cc(CN2CCOC3CCCC32)oc1CN. The first kappa shape index (κ1) is 12.2. The topological polar surface area (TPSA) is 51.6 Å². The molecule has 2 N–H and O–H groups in total. The molecule has 0 aromatic carbocycles. The number of rotatable bonds is 3. The maximum Gasteiger partial charge on any atom is 0.120 e. The van der Waals surface area contributed by atoms with Crippen molar-refractivity contribution >= 4 is 0 Å². The third-order valence-corrected chi connectivity index (χ3v) is 4.21. The highest BCUT2D eigenvalue weighted by atomic mass is 16.5. The summed E-state index contributed by atoms with van der Waals surface area (Å²) in [6.45, 7) is 5.31. The van der Waals surface area contributed by atoms with E-state index in [9.17, 15) is 0 Å². The molecule has 100 valence electrons. The Kier molecular flexibility index (Phi) is 3.41. The van der Waals surface area contributed by atoms with Crippen LogP contribution in [-0.2, 0) is 17.8 Å². The van der Waals surface area contributed by atoms with E-state index >= 15 is 0 Å². The lowest BCUT2D eigenvalue weighted by molar-refractivity contribution is -0.0607. The van der Waals surface area contributed by atoms with Crippen LogP contribution in [-0.4, -0.2) is 30.2 Å². The fourth-order valence-electron chi connectivity index (χ4n) is 3.27. The quantitative estimate of drug-likeness (QED) is 0.888. The summed E-state index contributed by atoms with van der Waals surface area (Å²) in [6, 6.07) is 2.72. The lowest BCUT2D eigenvalue weighted by Gasteiger charge is -2.37. The van der Waals surface area contributed by atoms with Gasteiger partial charge < -0.3 is 14.9 Å². The second-order valence-corrected chi connectivity index (χ2v) is 5.40. The number of hydrogen-bond acceptors (Lipinski definition) is 4. The smallest absolute Gasteiger partial charge is 0.120 e. The number of hydrogen-bond donors (Lipinski definition) is 1. The molecule has 1 saturated heterocycles. The Morgan fingerprint density at radius 2 is 2.33 bits per heavy atom. The second kappa shape index (κ2) is 5.03. The zero-order valence-corrected chi connectivity index (χ0v) is 11.0. The van der Waals surface area contributed by atoms with Crippen LogP contribution in [0, 0.1) is 6.92 Å². The Labute approximate surface area is 108 Å². The molecule has 2 heterocycles. The van der Waals surface area contributed by atoms with Crippen LogP contribution in [0.4, 0.5) is 0 Å². The van der Waals surface area contributed by atoms with E-state index in [-0.39, 0.29) is 0 Å². The highest BCUT2D eigenvalue weighted by molar-refractivity contribution is 5.20. The number of morpholine rings is 1. The van der Waals surface area contributed by atoms with Crippen molar-refractivity contribution in [2.24, 2.45) is 5.73 Å². The number of furan rings is 1. The fraction of sp³-hybridized carbons (Fsp3) is 0.714. The molecule has 3 rings (SSSR count). The summed E-state index contributed by atoms with van der Waals surface area (Å²) >= 11 is 0. The van der Waals surface area contributed by atoms with Crippen molar-refractivity contribution in [2.75, 3.05) is 13.2 Å². The van der Waals surface area contributed by atoms with E-state index in [0.29, 0.717) is 18.7 Å². The Balaban J connectivity index is 1.70. The standard InChI is InChI=1S/C14H22N2O2/c1-10-7-11(18-14(10)8-15)9-16-5-6-17-13-4-2-3-12(13)16/h7,12-13H,2-6,8-9,15H2,1H3. The molecule has 2 atom stereocenters. The van der Waals surface area contributed by atoms with Gasteiger partial charge in [0.2, 0.25) is 0 Å². The van der Waals surface area contributed by atoms with Gasteiger partial charge in [0.15, 0.2) is 0 Å². The molecule has 4 heteroatoms. The highest BCUT2D eigenvalue weighted by Crippen LogP contribution is 2.31. The van der Waals surface area contributed by atoms with Crippen molar-refractivity contribution in [3.8, 4) is 0 Å². The number of nitrogens with two attached hydrogens (primary N) is 1. The molecule has 1 aliphatic heterocycles. The molecular weight excluding hydrogens is 228 g/mol. The van der Waals surface area contributed by atoms with Crippen LogP contribution in [0.15, 0.2) is 10.5 Å². The zero-order valence-electron chi connectivity index (χ0n) is 11.0. The molecule has 0 radical (unpaired) electrons. The number of fused-ring (bicyclic) bond motifs is 1. The van der Waals surface area contributed by atoms with Crippen molar-refractivity contribution < 1.29 is 9.15 Å². The summed E-state index contributed by atoms with van der Waals surface area (Å²) in [6.07, 6.45) is 4.21. The summed E-state index contributed by atoms with van der Waals surface area (Å²) in [4.78, 5) is 2.51. The van der Waals surface area contributed by atoms with Crippen molar-refractivity contribution in [1.29, 1.82) is 0 Å². The maximum absolute atomic E-state index is 5.83. The minimum Gasteiger partial charge on any atom is -0.463 e. The van der Waals surface area contributed by atoms with Crippen LogP contribution in [0.1, 0.15) is 36.3 Å². The summed E-state index contributed by atoms with van der Waals surface area (Å²) in [5.74, 6) is 1.96. The van der Waals surface area contributed by atoms with E-state index in [0.717, 1.165) is 31.2 Å². The Hall–Kier alpha value is -0.840. The van der Waals surface area contributed by atoms with E-state index in [1.54, 1.807) is 0 Å². The molecule has 2 fully saturated rings. The minimum atomic E-state index is 0.448. The van der Waals surface area contributed by atoms with E-state index in [1.165, 1.54) is 24.8 Å². The monoisotopic (exact) mass is 250 g/mol. The molecule has 0 amide bonds. The van der Waals surface area contributed by atoms with Crippen LogP contribution in [0.25, 0.3) is 0 Å². The molecule has 4 nitrogen and oxygen atoms in total. The predicted molar refractivity (Wildman–Crippen MR) is 69.1 cm³/mol. The molecule has 18 heavy (non-hydrogen) atoms. The average Bonchev–Trinajstić information content (AvgIpc) is 2.96. The highest BCUT2D eigenvalue weighted by Gasteiger charge is 2.36. The Morgan fingerprint density at radius 3 is 3.11 bits per heavy atom. The van der Waals surface area contributed by atoms with Gasteiger partial charge in [-0.25, -0.2) is 0 Å². The summed E-state index contributed by atoms with van der Waals surface area (Å²) in [5, 5.41) is 0. The molecule has 2 aliphatic rings. The zero-order chi connectivity index (χ0) is 12.5. The van der Waals surface area contributed by atoms with Gasteiger partial charge in [-0.3, -0.25) is 4.90 Å². The lowest BCUT2D eigenvalue weighted by Crippen LogP contribution is -2.47. The first-order valence-electron chi connectivity index (χ1n) is 6.92. The van der Waals surface area contributed by atoms with Gasteiger partial charge >= 0.3 is 0 Å². The average molecular weight is 250 g/mol. The van der Waals surface area contributed by atoms with Gasteiger partial charge in [-0.2, -0.15) is 0 Å². The Morgan fingerprint density at radius 1 is 1.44 bits per heavy atom. The van der Waals surface area contributed by atoms with Gasteiger partial charge in [0.1, 0.15) is 11.5 Å². The van der Waals surface area contributed by atoms with Crippen LogP contribution in [0.2, 0.25) is 0 Å². The van der Waals surface area contributed by atoms with Gasteiger partial charge in [-0.05, 0) is 37.8 Å². The van der Waals surface area contributed by atoms with Crippen LogP contribution < -0.4 is 5.73 Å². The van der Waals surface area contributed by atoms with Crippen molar-refractivity contribution in [1.82, 2.24) is 4.90 Å². The van der Waals surface area contributed by atoms with Gasteiger partial charge in [0, 0.05) is 12.6 Å². The first-order valence-corrected chi connectivity index (χ1v) is 6.92. The Bertz CT molecular complexity index is 416. The molecular formula is C14H22N2O2. The van der Waals surface area contributed by atoms with E-state index in [2.05, 4.69) is 17.9 Å². The lowest BCUT2D eigenvalue weighted by atomic mass is 10.1. The molecule has 1 saturated carbocycles. The second-order valence-electron chi connectivity index (χ2n) is 5.40. The van der Waals surface area contributed by atoms with Crippen molar-refractivity contribution in [2.45, 2.75) is 51.4 Å². The molecule has 1 aliphatic carbocycles. The van der Waals surface area contributed by atoms with E-state index in [1.807, 2.05) is 0 Å². The van der Waals surface area contributed by atoms with Crippen molar-refractivity contribution in [3.63, 3.8) is 0 Å². The van der Waals surface area contributed by atoms with Gasteiger partial charge in [-0.1, -0.05) is 0 Å². The molecule has 1 aromatic heterocycles. The molecule has 1 aromatic rings. The number of ether oxygens (including phenoxy) is 1.